The highest BCUT2D eigenvalue weighted by Gasteiger charge is 2.25. The van der Waals surface area contributed by atoms with Crippen molar-refractivity contribution in [2.75, 3.05) is 25.0 Å². The Balaban J connectivity index is 3.08. The Kier molecular flexibility index (Phi) is 6.90. The molecule has 1 rings (SSSR count). The molecule has 1 unspecified atom stereocenters. The molecule has 1 atom stereocenters. The van der Waals surface area contributed by atoms with Crippen LogP contribution < -0.4 is 5.32 Å². The van der Waals surface area contributed by atoms with E-state index in [9.17, 15) is 8.42 Å². The first kappa shape index (κ1) is 18.2. The second-order valence-corrected chi connectivity index (χ2v) is 7.35. The normalized spacial score (nSPS) is 13.4. The molecule has 0 radical (unpaired) electrons. The maximum Gasteiger partial charge on any atom is 0.244 e. The summed E-state index contributed by atoms with van der Waals surface area (Å²) in [6.45, 7) is 9.46. The zero-order valence-corrected chi connectivity index (χ0v) is 14.6. The molecule has 0 aliphatic carbocycles. The first-order valence-corrected chi connectivity index (χ1v) is 9.08. The van der Waals surface area contributed by atoms with Gasteiger partial charge in [0.2, 0.25) is 10.0 Å². The Morgan fingerprint density at radius 3 is 2.52 bits per heavy atom. The number of anilines is 1. The molecule has 0 fully saturated rings. The minimum absolute atomic E-state index is 0.138. The average Bonchev–Trinajstić information content (AvgIpc) is 2.46. The van der Waals surface area contributed by atoms with Gasteiger partial charge in [0.15, 0.2) is 0 Å². The topological polar surface area (TPSA) is 62.3 Å². The number of halogens is 1. The summed E-state index contributed by atoms with van der Waals surface area (Å²) in [4.78, 5) is 4.24. The fraction of sp³-hybridized carbons (Fsp3) is 0.643. The van der Waals surface area contributed by atoms with Gasteiger partial charge in [-0.15, -0.1) is 0 Å². The molecule has 0 spiro atoms. The largest absolute Gasteiger partial charge is 0.369 e. The highest BCUT2D eigenvalue weighted by atomic mass is 35.5. The van der Waals surface area contributed by atoms with E-state index in [1.807, 2.05) is 20.8 Å². The summed E-state index contributed by atoms with van der Waals surface area (Å²) in [6.07, 6.45) is 2.29. The summed E-state index contributed by atoms with van der Waals surface area (Å²) in [7, 11) is -3.55. The van der Waals surface area contributed by atoms with Crippen LogP contribution in [-0.2, 0) is 10.0 Å². The highest BCUT2D eigenvalue weighted by Crippen LogP contribution is 2.25. The van der Waals surface area contributed by atoms with E-state index < -0.39 is 10.0 Å². The van der Waals surface area contributed by atoms with Crippen LogP contribution in [0.1, 0.15) is 34.1 Å². The number of aromatic nitrogens is 1. The molecule has 0 aromatic carbocycles. The van der Waals surface area contributed by atoms with Crippen molar-refractivity contribution < 1.29 is 8.42 Å². The summed E-state index contributed by atoms with van der Waals surface area (Å²) < 4.78 is 26.8. The van der Waals surface area contributed by atoms with Crippen molar-refractivity contribution >= 4 is 27.4 Å². The third-order valence-electron chi connectivity index (χ3n) is 3.36. The maximum atomic E-state index is 12.6. The Bertz CT molecular complexity index is 563. The zero-order chi connectivity index (χ0) is 16.0. The predicted octanol–water partition coefficient (Wildman–Crippen LogP) is 3.22. The summed E-state index contributed by atoms with van der Waals surface area (Å²) >= 11 is 6.09. The first-order valence-electron chi connectivity index (χ1n) is 7.26. The van der Waals surface area contributed by atoms with Crippen LogP contribution in [0.4, 0.5) is 5.82 Å². The lowest BCUT2D eigenvalue weighted by Gasteiger charge is -2.23. The molecule has 0 amide bonds. The van der Waals surface area contributed by atoms with E-state index in [1.165, 1.54) is 16.6 Å². The monoisotopic (exact) mass is 333 g/mol. The third-order valence-corrected chi connectivity index (χ3v) is 5.56. The smallest absolute Gasteiger partial charge is 0.244 e. The van der Waals surface area contributed by atoms with E-state index in [0.29, 0.717) is 36.4 Å². The van der Waals surface area contributed by atoms with Crippen LogP contribution in [-0.4, -0.2) is 37.3 Å². The van der Waals surface area contributed by atoms with Gasteiger partial charge in [-0.25, -0.2) is 13.4 Å². The molecule has 7 heteroatoms. The predicted molar refractivity (Wildman–Crippen MR) is 87.3 cm³/mol. The van der Waals surface area contributed by atoms with Gasteiger partial charge in [-0.1, -0.05) is 38.8 Å². The van der Waals surface area contributed by atoms with Crippen molar-refractivity contribution in [2.24, 2.45) is 5.92 Å². The van der Waals surface area contributed by atoms with Crippen molar-refractivity contribution in [1.82, 2.24) is 9.29 Å². The van der Waals surface area contributed by atoms with Crippen molar-refractivity contribution in [2.45, 2.75) is 39.0 Å². The Morgan fingerprint density at radius 2 is 2.05 bits per heavy atom. The second kappa shape index (κ2) is 7.96. The number of hydrogen-bond donors (Lipinski definition) is 1. The molecular formula is C14H24ClN3O2S. The van der Waals surface area contributed by atoms with Crippen molar-refractivity contribution in [3.63, 3.8) is 0 Å². The van der Waals surface area contributed by atoms with Crippen molar-refractivity contribution in [3.8, 4) is 0 Å². The molecule has 0 saturated carbocycles. The van der Waals surface area contributed by atoms with Gasteiger partial charge in [0.1, 0.15) is 10.7 Å². The number of nitrogens with zero attached hydrogens (tertiary/aromatic N) is 2. The van der Waals surface area contributed by atoms with Crippen LogP contribution in [0.3, 0.4) is 0 Å². The van der Waals surface area contributed by atoms with Crippen LogP contribution in [0.15, 0.2) is 17.2 Å². The molecule has 0 bridgehead atoms. The SMILES string of the molecule is CCNc1ncc(S(=O)(=O)N(CC)CC(C)CC)cc1Cl. The molecule has 1 N–H and O–H groups in total. The summed E-state index contributed by atoms with van der Waals surface area (Å²) in [5, 5.41) is 3.30. The van der Waals surface area contributed by atoms with Gasteiger partial charge in [0.25, 0.3) is 0 Å². The van der Waals surface area contributed by atoms with Crippen molar-refractivity contribution in [3.05, 3.63) is 17.3 Å². The average molecular weight is 334 g/mol. The van der Waals surface area contributed by atoms with Crippen LogP contribution >= 0.6 is 11.6 Å². The number of sulfonamides is 1. The molecular weight excluding hydrogens is 310 g/mol. The molecule has 5 nitrogen and oxygen atoms in total. The van der Waals surface area contributed by atoms with Crippen LogP contribution in [0, 0.1) is 5.92 Å². The van der Waals surface area contributed by atoms with E-state index in [2.05, 4.69) is 17.2 Å². The van der Waals surface area contributed by atoms with Gasteiger partial charge in [0.05, 0.1) is 5.02 Å². The first-order chi connectivity index (χ1) is 9.86. The molecule has 0 saturated heterocycles. The Labute approximate surface area is 132 Å². The maximum absolute atomic E-state index is 12.6. The number of rotatable bonds is 8. The van der Waals surface area contributed by atoms with Gasteiger partial charge < -0.3 is 5.32 Å². The molecule has 1 aromatic heterocycles. The van der Waals surface area contributed by atoms with Gasteiger partial charge >= 0.3 is 0 Å². The zero-order valence-electron chi connectivity index (χ0n) is 13.1. The summed E-state index contributed by atoms with van der Waals surface area (Å²) in [5.74, 6) is 0.812. The number of pyridine rings is 1. The number of nitrogens with one attached hydrogen (secondary N) is 1. The summed E-state index contributed by atoms with van der Waals surface area (Å²) in [5.41, 5.74) is 0. The summed E-state index contributed by atoms with van der Waals surface area (Å²) in [6, 6.07) is 1.46. The van der Waals surface area contributed by atoms with Crippen LogP contribution in [0.25, 0.3) is 0 Å². The molecule has 1 aromatic rings. The quantitative estimate of drug-likeness (QED) is 0.793. The third kappa shape index (κ3) is 4.56. The fourth-order valence-electron chi connectivity index (χ4n) is 1.88. The van der Waals surface area contributed by atoms with E-state index in [1.54, 1.807) is 0 Å². The standard InChI is InChI=1S/C14H24ClN3O2S/c1-5-11(4)10-18(7-3)21(19,20)12-8-13(15)14(16-6-2)17-9-12/h8-9,11H,5-7,10H2,1-4H3,(H,16,17). The molecule has 0 aliphatic rings. The van der Waals surface area contributed by atoms with Gasteiger partial charge in [0, 0.05) is 25.8 Å². The molecule has 21 heavy (non-hydrogen) atoms. The van der Waals surface area contributed by atoms with Crippen molar-refractivity contribution in [1.29, 1.82) is 0 Å². The Hall–Kier alpha value is -0.850. The van der Waals surface area contributed by atoms with Crippen LogP contribution in [0.5, 0.6) is 0 Å². The highest BCUT2D eigenvalue weighted by molar-refractivity contribution is 7.89. The van der Waals surface area contributed by atoms with Gasteiger partial charge in [-0.2, -0.15) is 4.31 Å². The van der Waals surface area contributed by atoms with Gasteiger partial charge in [-0.05, 0) is 18.9 Å². The minimum atomic E-state index is -3.55. The lowest BCUT2D eigenvalue weighted by atomic mass is 10.1. The van der Waals surface area contributed by atoms with Crippen LogP contribution in [0.2, 0.25) is 5.02 Å². The fourth-order valence-corrected chi connectivity index (χ4v) is 3.72. The second-order valence-electron chi connectivity index (χ2n) is 5.00. The van der Waals surface area contributed by atoms with E-state index in [0.717, 1.165) is 6.42 Å². The molecule has 1 heterocycles. The van der Waals surface area contributed by atoms with E-state index in [-0.39, 0.29) is 4.90 Å². The molecule has 120 valence electrons. The number of hydrogen-bond acceptors (Lipinski definition) is 4. The van der Waals surface area contributed by atoms with E-state index in [4.69, 9.17) is 11.6 Å². The lowest BCUT2D eigenvalue weighted by Crippen LogP contribution is -2.34. The minimum Gasteiger partial charge on any atom is -0.369 e. The molecule has 0 aliphatic heterocycles. The Morgan fingerprint density at radius 1 is 1.38 bits per heavy atom. The van der Waals surface area contributed by atoms with E-state index >= 15 is 0 Å². The van der Waals surface area contributed by atoms with Gasteiger partial charge in [-0.3, -0.25) is 0 Å². The lowest BCUT2D eigenvalue weighted by molar-refractivity contribution is 0.361.